The third-order valence-electron chi connectivity index (χ3n) is 5.17. The van der Waals surface area contributed by atoms with Crippen LogP contribution in [0.4, 0.5) is 0 Å². The smallest absolute Gasteiger partial charge is 0.343 e. The second-order valence-corrected chi connectivity index (χ2v) is 9.62. The number of hydrogen-bond acceptors (Lipinski definition) is 5. The van der Waals surface area contributed by atoms with E-state index in [9.17, 15) is 14.7 Å². The number of phenolic OH excluding ortho intramolecular Hbond substituents is 1. The van der Waals surface area contributed by atoms with Crippen molar-refractivity contribution in [1.29, 1.82) is 0 Å². The first-order valence-corrected chi connectivity index (χ1v) is 9.52. The maximum Gasteiger partial charge on any atom is 0.343 e. The summed E-state index contributed by atoms with van der Waals surface area (Å²) in [6.07, 6.45) is 0.0543. The van der Waals surface area contributed by atoms with Crippen molar-refractivity contribution < 1.29 is 19.1 Å². The van der Waals surface area contributed by atoms with E-state index in [2.05, 4.69) is 0 Å². The molecule has 0 saturated carbocycles. The Morgan fingerprint density at radius 3 is 2.00 bits per heavy atom. The molecule has 0 bridgehead atoms. The fourth-order valence-electron chi connectivity index (χ4n) is 3.71. The first kappa shape index (κ1) is 20.2. The SMILES string of the molecule is Cc1cc2c(c(=O)o1)C(c1cc(C(C)(C)C)c(O)c(C(C)(C)C)c1)CC(=O)O2. The highest BCUT2D eigenvalue weighted by atomic mass is 16.5. The van der Waals surface area contributed by atoms with Crippen molar-refractivity contribution in [3.8, 4) is 11.5 Å². The van der Waals surface area contributed by atoms with Crippen molar-refractivity contribution in [2.75, 3.05) is 0 Å². The van der Waals surface area contributed by atoms with Crippen LogP contribution >= 0.6 is 0 Å². The summed E-state index contributed by atoms with van der Waals surface area (Å²) < 4.78 is 10.6. The molecule has 150 valence electrons. The lowest BCUT2D eigenvalue weighted by Gasteiger charge is -2.31. The lowest BCUT2D eigenvalue weighted by Crippen LogP contribution is -2.27. The van der Waals surface area contributed by atoms with Gasteiger partial charge in [-0.2, -0.15) is 0 Å². The number of carbonyl (C=O) groups excluding carboxylic acids is 1. The lowest BCUT2D eigenvalue weighted by molar-refractivity contribution is -0.135. The van der Waals surface area contributed by atoms with Crippen molar-refractivity contribution in [2.45, 2.75) is 71.6 Å². The molecule has 1 aliphatic rings. The first-order chi connectivity index (χ1) is 12.8. The largest absolute Gasteiger partial charge is 0.507 e. The Morgan fingerprint density at radius 2 is 1.50 bits per heavy atom. The Morgan fingerprint density at radius 1 is 0.964 bits per heavy atom. The summed E-state index contributed by atoms with van der Waals surface area (Å²) in [5, 5.41) is 10.9. The zero-order valence-electron chi connectivity index (χ0n) is 17.6. The Kier molecular flexibility index (Phi) is 4.69. The molecule has 5 nitrogen and oxygen atoms in total. The second kappa shape index (κ2) is 6.50. The predicted octanol–water partition coefficient (Wildman–Crippen LogP) is 4.69. The van der Waals surface area contributed by atoms with Gasteiger partial charge in [0.15, 0.2) is 0 Å². The third-order valence-corrected chi connectivity index (χ3v) is 5.17. The monoisotopic (exact) mass is 384 g/mol. The molecule has 0 spiro atoms. The molecule has 1 unspecified atom stereocenters. The highest BCUT2D eigenvalue weighted by molar-refractivity contribution is 5.77. The van der Waals surface area contributed by atoms with E-state index >= 15 is 0 Å². The van der Waals surface area contributed by atoms with Crippen LogP contribution in [0.5, 0.6) is 11.5 Å². The van der Waals surface area contributed by atoms with Crippen molar-refractivity contribution in [1.82, 2.24) is 0 Å². The molecule has 3 rings (SSSR count). The quantitative estimate of drug-likeness (QED) is 0.722. The minimum atomic E-state index is -0.491. The minimum absolute atomic E-state index is 0.0543. The molecule has 0 radical (unpaired) electrons. The van der Waals surface area contributed by atoms with Gasteiger partial charge in [0.25, 0.3) is 0 Å². The normalized spacial score (nSPS) is 17.2. The van der Waals surface area contributed by atoms with Gasteiger partial charge in [-0.1, -0.05) is 53.7 Å². The van der Waals surface area contributed by atoms with Gasteiger partial charge < -0.3 is 14.3 Å². The number of rotatable bonds is 1. The van der Waals surface area contributed by atoms with Crippen LogP contribution < -0.4 is 10.4 Å². The molecular formula is C23H28O5. The minimum Gasteiger partial charge on any atom is -0.507 e. The molecule has 1 atom stereocenters. The molecule has 28 heavy (non-hydrogen) atoms. The maximum absolute atomic E-state index is 12.6. The standard InChI is InChI=1S/C23H28O5/c1-12-8-17-19(21(26)27-12)14(11-18(24)28-17)13-9-15(22(2,3)4)20(25)16(10-13)23(5,6)7/h8-10,14,25H,11H2,1-7H3. The van der Waals surface area contributed by atoms with E-state index in [0.29, 0.717) is 11.3 Å². The second-order valence-electron chi connectivity index (χ2n) is 9.62. The summed E-state index contributed by atoms with van der Waals surface area (Å²) in [7, 11) is 0. The molecular weight excluding hydrogens is 356 g/mol. The van der Waals surface area contributed by atoms with E-state index in [4.69, 9.17) is 9.15 Å². The van der Waals surface area contributed by atoms with Crippen LogP contribution in [0.25, 0.3) is 0 Å². The zero-order valence-corrected chi connectivity index (χ0v) is 17.6. The number of fused-ring (bicyclic) bond motifs is 1. The van der Waals surface area contributed by atoms with Crippen LogP contribution in [0.15, 0.2) is 27.4 Å². The van der Waals surface area contributed by atoms with Gasteiger partial charge >= 0.3 is 11.6 Å². The number of esters is 1. The molecule has 0 aliphatic carbocycles. The Balaban J connectivity index is 2.31. The molecule has 1 N–H and O–H groups in total. The lowest BCUT2D eigenvalue weighted by atomic mass is 9.75. The third kappa shape index (κ3) is 3.58. The first-order valence-electron chi connectivity index (χ1n) is 9.52. The van der Waals surface area contributed by atoms with Gasteiger partial charge in [0.2, 0.25) is 0 Å². The molecule has 1 aliphatic heterocycles. The summed E-state index contributed by atoms with van der Waals surface area (Å²) >= 11 is 0. The van der Waals surface area contributed by atoms with Gasteiger partial charge in [0.1, 0.15) is 17.3 Å². The number of benzene rings is 1. The summed E-state index contributed by atoms with van der Waals surface area (Å²) in [5.74, 6) is 0.0609. The number of aryl methyl sites for hydroxylation is 1. The van der Waals surface area contributed by atoms with Crippen LogP contribution in [0.3, 0.4) is 0 Å². The van der Waals surface area contributed by atoms with Gasteiger partial charge in [-0.15, -0.1) is 0 Å². The molecule has 1 aromatic heterocycles. The highest BCUT2D eigenvalue weighted by Crippen LogP contribution is 2.44. The predicted molar refractivity (Wildman–Crippen MR) is 107 cm³/mol. The van der Waals surface area contributed by atoms with Gasteiger partial charge in [-0.25, -0.2) is 4.79 Å². The summed E-state index contributed by atoms with van der Waals surface area (Å²) in [6.45, 7) is 13.8. The number of carbonyl (C=O) groups is 1. The van der Waals surface area contributed by atoms with Gasteiger partial charge in [-0.05, 0) is 34.4 Å². The zero-order chi connectivity index (χ0) is 21.0. The molecule has 1 aromatic carbocycles. The molecule has 0 fully saturated rings. The highest BCUT2D eigenvalue weighted by Gasteiger charge is 2.35. The number of ether oxygens (including phenoxy) is 1. The Labute approximate surface area is 165 Å². The fourth-order valence-corrected chi connectivity index (χ4v) is 3.71. The number of phenols is 1. The average molecular weight is 384 g/mol. The summed E-state index contributed by atoms with van der Waals surface area (Å²) in [6, 6.07) is 5.38. The Hall–Kier alpha value is -2.56. The van der Waals surface area contributed by atoms with Crippen molar-refractivity contribution in [3.63, 3.8) is 0 Å². The fraction of sp³-hybridized carbons (Fsp3) is 0.478. The Bertz CT molecular complexity index is 964. The van der Waals surface area contributed by atoms with Crippen molar-refractivity contribution in [2.24, 2.45) is 0 Å². The maximum atomic E-state index is 12.6. The van der Waals surface area contributed by atoms with Crippen molar-refractivity contribution in [3.05, 3.63) is 56.6 Å². The number of aromatic hydroxyl groups is 1. The van der Waals surface area contributed by atoms with Gasteiger partial charge in [0.05, 0.1) is 12.0 Å². The number of hydrogen-bond donors (Lipinski definition) is 1. The van der Waals surface area contributed by atoms with E-state index in [1.165, 1.54) is 0 Å². The van der Waals surface area contributed by atoms with E-state index in [1.807, 2.05) is 53.7 Å². The van der Waals surface area contributed by atoms with Crippen LogP contribution in [0.2, 0.25) is 0 Å². The van der Waals surface area contributed by atoms with E-state index < -0.39 is 11.5 Å². The van der Waals surface area contributed by atoms with E-state index in [1.54, 1.807) is 13.0 Å². The molecule has 0 amide bonds. The average Bonchev–Trinajstić information content (AvgIpc) is 2.51. The summed E-state index contributed by atoms with van der Waals surface area (Å²) in [4.78, 5) is 24.9. The van der Waals surface area contributed by atoms with Crippen molar-refractivity contribution >= 4 is 5.97 Å². The van der Waals surface area contributed by atoms with Crippen LogP contribution in [-0.4, -0.2) is 11.1 Å². The van der Waals surface area contributed by atoms with E-state index in [-0.39, 0.29) is 34.7 Å². The summed E-state index contributed by atoms with van der Waals surface area (Å²) in [5.41, 5.74) is 1.62. The van der Waals surface area contributed by atoms with Gasteiger partial charge in [-0.3, -0.25) is 4.79 Å². The van der Waals surface area contributed by atoms with E-state index in [0.717, 1.165) is 16.7 Å². The van der Waals surface area contributed by atoms with Gasteiger partial charge in [0, 0.05) is 12.0 Å². The molecule has 5 heteroatoms. The topological polar surface area (TPSA) is 76.7 Å². The van der Waals surface area contributed by atoms with Crippen LogP contribution in [0.1, 0.15) is 81.9 Å². The van der Waals surface area contributed by atoms with Crippen LogP contribution in [-0.2, 0) is 15.6 Å². The molecule has 0 saturated heterocycles. The molecule has 2 aromatic rings. The molecule has 2 heterocycles. The van der Waals surface area contributed by atoms with Crippen LogP contribution in [0, 0.1) is 6.92 Å².